The number of likely N-dealkylation sites (N-methyl/N-ethyl adjacent to an activating group) is 1. The van der Waals surface area contributed by atoms with Gasteiger partial charge >= 0.3 is 6.03 Å². The first-order valence-corrected chi connectivity index (χ1v) is 7.82. The molecule has 1 aromatic rings. The Kier molecular flexibility index (Phi) is 4.66. The number of fused-ring (bicyclic) bond motifs is 1. The van der Waals surface area contributed by atoms with Crippen LogP contribution in [-0.2, 0) is 4.74 Å². The molecule has 0 unspecified atom stereocenters. The van der Waals surface area contributed by atoms with Gasteiger partial charge in [-0.05, 0) is 31.0 Å². The molecule has 0 bridgehead atoms. The molecule has 0 aromatic heterocycles. The predicted molar refractivity (Wildman–Crippen MR) is 84.9 cm³/mol. The molecule has 1 aromatic carbocycles. The SMILES string of the molecule is CN1CCOc2ccc(NC(=O)NC[C@H]3CCCO3)cc2C1=O. The summed E-state index contributed by atoms with van der Waals surface area (Å²) < 4.78 is 11.0. The Morgan fingerprint density at radius 1 is 1.39 bits per heavy atom. The van der Waals surface area contributed by atoms with Crippen LogP contribution in [-0.4, -0.2) is 56.3 Å². The van der Waals surface area contributed by atoms with Crippen molar-refractivity contribution in [1.29, 1.82) is 0 Å². The Hall–Kier alpha value is -2.28. The maximum Gasteiger partial charge on any atom is 0.319 e. The molecule has 7 heteroatoms. The van der Waals surface area contributed by atoms with Gasteiger partial charge in [0, 0.05) is 25.9 Å². The molecule has 1 fully saturated rings. The number of nitrogens with one attached hydrogen (secondary N) is 2. The van der Waals surface area contributed by atoms with Crippen molar-refractivity contribution in [3.05, 3.63) is 23.8 Å². The summed E-state index contributed by atoms with van der Waals surface area (Å²) in [7, 11) is 1.73. The van der Waals surface area contributed by atoms with Gasteiger partial charge in [0.1, 0.15) is 12.4 Å². The largest absolute Gasteiger partial charge is 0.491 e. The van der Waals surface area contributed by atoms with Crippen molar-refractivity contribution < 1.29 is 19.1 Å². The average molecular weight is 319 g/mol. The minimum absolute atomic E-state index is 0.0939. The Balaban J connectivity index is 1.63. The van der Waals surface area contributed by atoms with Crippen LogP contribution < -0.4 is 15.4 Å². The number of nitrogens with zero attached hydrogens (tertiary/aromatic N) is 1. The third-order valence-corrected chi connectivity index (χ3v) is 4.01. The first kappa shape index (κ1) is 15.6. The summed E-state index contributed by atoms with van der Waals surface area (Å²) in [6.07, 6.45) is 2.10. The van der Waals surface area contributed by atoms with Gasteiger partial charge in [-0.2, -0.15) is 0 Å². The number of ether oxygens (including phenoxy) is 2. The van der Waals surface area contributed by atoms with E-state index in [2.05, 4.69) is 10.6 Å². The summed E-state index contributed by atoms with van der Waals surface area (Å²) in [6, 6.07) is 4.77. The molecule has 23 heavy (non-hydrogen) atoms. The molecule has 0 aliphatic carbocycles. The van der Waals surface area contributed by atoms with E-state index in [1.807, 2.05) is 0 Å². The molecule has 2 heterocycles. The van der Waals surface area contributed by atoms with Gasteiger partial charge in [0.15, 0.2) is 0 Å². The number of rotatable bonds is 3. The lowest BCUT2D eigenvalue weighted by molar-refractivity contribution is 0.0796. The van der Waals surface area contributed by atoms with Crippen molar-refractivity contribution in [2.75, 3.05) is 38.7 Å². The van der Waals surface area contributed by atoms with Crippen molar-refractivity contribution in [3.8, 4) is 5.75 Å². The molecule has 0 saturated carbocycles. The second-order valence-corrected chi connectivity index (χ2v) is 5.76. The lowest BCUT2D eigenvalue weighted by Crippen LogP contribution is -2.35. The molecule has 0 spiro atoms. The maximum atomic E-state index is 12.3. The van der Waals surface area contributed by atoms with Gasteiger partial charge in [0.2, 0.25) is 0 Å². The molecule has 7 nitrogen and oxygen atoms in total. The van der Waals surface area contributed by atoms with Gasteiger partial charge in [-0.25, -0.2) is 4.79 Å². The van der Waals surface area contributed by atoms with E-state index in [0.717, 1.165) is 19.4 Å². The third-order valence-electron chi connectivity index (χ3n) is 4.01. The van der Waals surface area contributed by atoms with Gasteiger partial charge < -0.3 is 25.0 Å². The maximum absolute atomic E-state index is 12.3. The molecule has 1 saturated heterocycles. The van der Waals surface area contributed by atoms with E-state index in [0.29, 0.717) is 36.7 Å². The number of benzene rings is 1. The Bertz CT molecular complexity index is 599. The van der Waals surface area contributed by atoms with Crippen molar-refractivity contribution in [2.24, 2.45) is 0 Å². The highest BCUT2D eigenvalue weighted by atomic mass is 16.5. The number of carbonyl (C=O) groups excluding carboxylic acids is 2. The van der Waals surface area contributed by atoms with Crippen LogP contribution in [0.3, 0.4) is 0 Å². The van der Waals surface area contributed by atoms with Crippen molar-refractivity contribution >= 4 is 17.6 Å². The zero-order valence-electron chi connectivity index (χ0n) is 13.1. The molecule has 0 radical (unpaired) electrons. The number of amides is 3. The van der Waals surface area contributed by atoms with Crippen LogP contribution in [0, 0.1) is 0 Å². The highest BCUT2D eigenvalue weighted by Crippen LogP contribution is 2.26. The second kappa shape index (κ2) is 6.87. The smallest absolute Gasteiger partial charge is 0.319 e. The second-order valence-electron chi connectivity index (χ2n) is 5.76. The quantitative estimate of drug-likeness (QED) is 0.884. The van der Waals surface area contributed by atoms with E-state index in [1.54, 1.807) is 30.1 Å². The standard InChI is InChI=1S/C16H21N3O4/c1-19-6-8-23-14-5-4-11(9-13(14)15(19)20)18-16(21)17-10-12-3-2-7-22-12/h4-5,9,12H,2-3,6-8,10H2,1H3,(H2,17,18,21)/t12-/m1/s1. The topological polar surface area (TPSA) is 79.9 Å². The number of hydrogen-bond donors (Lipinski definition) is 2. The summed E-state index contributed by atoms with van der Waals surface area (Å²) in [5, 5.41) is 5.52. The normalized spacial score (nSPS) is 20.5. The van der Waals surface area contributed by atoms with E-state index >= 15 is 0 Å². The fourth-order valence-corrected chi connectivity index (χ4v) is 2.69. The van der Waals surface area contributed by atoms with Gasteiger partial charge in [0.25, 0.3) is 5.91 Å². The van der Waals surface area contributed by atoms with Crippen LogP contribution in [0.4, 0.5) is 10.5 Å². The first-order valence-electron chi connectivity index (χ1n) is 7.82. The molecule has 2 aliphatic heterocycles. The molecule has 3 amide bonds. The average Bonchev–Trinajstić information content (AvgIpc) is 3.02. The summed E-state index contributed by atoms with van der Waals surface area (Å²) >= 11 is 0. The third kappa shape index (κ3) is 3.73. The molecule has 3 rings (SSSR count). The summed E-state index contributed by atoms with van der Waals surface area (Å²) in [5.41, 5.74) is 1.02. The lowest BCUT2D eigenvalue weighted by atomic mass is 10.1. The highest BCUT2D eigenvalue weighted by molar-refractivity contribution is 5.99. The van der Waals surface area contributed by atoms with Crippen LogP contribution in [0.15, 0.2) is 18.2 Å². The molecule has 1 atom stereocenters. The van der Waals surface area contributed by atoms with Crippen LogP contribution in [0.25, 0.3) is 0 Å². The Morgan fingerprint density at radius 3 is 3.04 bits per heavy atom. The van der Waals surface area contributed by atoms with E-state index in [4.69, 9.17) is 9.47 Å². The zero-order valence-corrected chi connectivity index (χ0v) is 13.1. The van der Waals surface area contributed by atoms with E-state index in [9.17, 15) is 9.59 Å². The zero-order chi connectivity index (χ0) is 16.2. The van der Waals surface area contributed by atoms with Crippen molar-refractivity contribution in [2.45, 2.75) is 18.9 Å². The molecular formula is C16H21N3O4. The van der Waals surface area contributed by atoms with E-state index in [1.165, 1.54) is 0 Å². The number of carbonyl (C=O) groups is 2. The molecule has 2 N–H and O–H groups in total. The molecule has 2 aliphatic rings. The van der Waals surface area contributed by atoms with E-state index < -0.39 is 0 Å². The highest BCUT2D eigenvalue weighted by Gasteiger charge is 2.21. The van der Waals surface area contributed by atoms with Gasteiger partial charge in [-0.3, -0.25) is 4.79 Å². The van der Waals surface area contributed by atoms with Crippen LogP contribution >= 0.6 is 0 Å². The van der Waals surface area contributed by atoms with E-state index in [-0.39, 0.29) is 18.0 Å². The number of urea groups is 1. The van der Waals surface area contributed by atoms with Crippen LogP contribution in [0.1, 0.15) is 23.2 Å². The fraction of sp³-hybridized carbons (Fsp3) is 0.500. The number of hydrogen-bond acceptors (Lipinski definition) is 4. The van der Waals surface area contributed by atoms with Gasteiger partial charge in [-0.1, -0.05) is 0 Å². The minimum atomic E-state index is -0.309. The number of anilines is 1. The van der Waals surface area contributed by atoms with Crippen LogP contribution in [0.5, 0.6) is 5.75 Å². The summed E-state index contributed by atoms with van der Waals surface area (Å²) in [4.78, 5) is 25.8. The van der Waals surface area contributed by atoms with Crippen molar-refractivity contribution in [1.82, 2.24) is 10.2 Å². The minimum Gasteiger partial charge on any atom is -0.491 e. The molecular weight excluding hydrogens is 298 g/mol. The Labute approximate surface area is 134 Å². The van der Waals surface area contributed by atoms with Crippen molar-refractivity contribution in [3.63, 3.8) is 0 Å². The molecule has 124 valence electrons. The van der Waals surface area contributed by atoms with Gasteiger partial charge in [-0.15, -0.1) is 0 Å². The summed E-state index contributed by atoms with van der Waals surface area (Å²) in [6.45, 7) is 2.25. The predicted octanol–water partition coefficient (Wildman–Crippen LogP) is 1.45. The fourth-order valence-electron chi connectivity index (χ4n) is 2.69. The van der Waals surface area contributed by atoms with Gasteiger partial charge in [0.05, 0.1) is 18.2 Å². The summed E-state index contributed by atoms with van der Waals surface area (Å²) in [5.74, 6) is 0.436. The van der Waals surface area contributed by atoms with Crippen LogP contribution in [0.2, 0.25) is 0 Å². The Morgan fingerprint density at radius 2 is 2.26 bits per heavy atom. The monoisotopic (exact) mass is 319 g/mol. The first-order chi connectivity index (χ1) is 11.1. The lowest BCUT2D eigenvalue weighted by Gasteiger charge is -2.14.